The average Bonchev–Trinajstić information content (AvgIpc) is 3.42. The Morgan fingerprint density at radius 2 is 1.84 bits per heavy atom. The first-order valence-electron chi connectivity index (χ1n) is 14.6. The SMILES string of the molecule is CC=CC(=O)NCC(NC(=O)OC(C)(C)C)C(=O)N1CC(Oc2cc(-c3ccccc3)nc3cc(OC)ccc23)CC1C(N)=O. The zero-order chi connectivity index (χ0) is 32.7. The van der Waals surface area contributed by atoms with Crippen LogP contribution in [0, 0.1) is 0 Å². The first-order valence-corrected chi connectivity index (χ1v) is 14.6. The Labute approximate surface area is 261 Å². The molecule has 1 aliphatic heterocycles. The molecule has 238 valence electrons. The number of allylic oxidation sites excluding steroid dienone is 1. The summed E-state index contributed by atoms with van der Waals surface area (Å²) in [7, 11) is 1.57. The molecule has 0 bridgehead atoms. The number of hydrogen-bond acceptors (Lipinski definition) is 8. The summed E-state index contributed by atoms with van der Waals surface area (Å²) in [6, 6.07) is 14.6. The molecule has 0 saturated carbocycles. The van der Waals surface area contributed by atoms with Crippen LogP contribution in [0.1, 0.15) is 34.1 Å². The summed E-state index contributed by atoms with van der Waals surface area (Å²) in [4.78, 5) is 57.3. The molecule has 12 heteroatoms. The second-order valence-corrected chi connectivity index (χ2v) is 11.6. The highest BCUT2D eigenvalue weighted by atomic mass is 16.6. The number of nitrogens with one attached hydrogen (secondary N) is 2. The van der Waals surface area contributed by atoms with E-state index >= 15 is 0 Å². The molecule has 3 atom stereocenters. The number of nitrogens with two attached hydrogens (primary N) is 1. The van der Waals surface area contributed by atoms with E-state index in [1.54, 1.807) is 53.0 Å². The zero-order valence-electron chi connectivity index (χ0n) is 26.0. The number of likely N-dealkylation sites (tertiary alicyclic amines) is 1. The largest absolute Gasteiger partial charge is 0.497 e. The van der Waals surface area contributed by atoms with E-state index in [-0.39, 0.29) is 19.5 Å². The van der Waals surface area contributed by atoms with Crippen molar-refractivity contribution in [2.75, 3.05) is 20.2 Å². The number of carbonyl (C=O) groups is 4. The molecule has 2 aromatic carbocycles. The summed E-state index contributed by atoms with van der Waals surface area (Å²) in [5.41, 5.74) is 7.10. The normalized spacial score (nSPS) is 17.1. The van der Waals surface area contributed by atoms with Crippen LogP contribution in [0.2, 0.25) is 0 Å². The van der Waals surface area contributed by atoms with Gasteiger partial charge in [0, 0.05) is 36.0 Å². The molecule has 4 N–H and O–H groups in total. The Morgan fingerprint density at radius 1 is 1.11 bits per heavy atom. The standard InChI is InChI=1S/C33H39N5O7/c1-6-10-29(39)35-18-26(37-32(42)45-33(2,3)4)31(41)38-19-22(16-27(38)30(34)40)44-28-17-24(20-11-8-7-9-12-20)36-25-15-21(43-5)13-14-23(25)28/h6-15,17,22,26-27H,16,18-19H2,1-5H3,(H2,34,40)(H,35,39)(H,37,42). The lowest BCUT2D eigenvalue weighted by Gasteiger charge is -2.28. The van der Waals surface area contributed by atoms with Crippen molar-refractivity contribution in [2.24, 2.45) is 5.73 Å². The lowest BCUT2D eigenvalue weighted by Crippen LogP contribution is -2.57. The molecule has 1 aliphatic rings. The quantitative estimate of drug-likeness (QED) is 0.292. The summed E-state index contributed by atoms with van der Waals surface area (Å²) in [5, 5.41) is 5.84. The van der Waals surface area contributed by atoms with Crippen LogP contribution < -0.4 is 25.8 Å². The number of amides is 4. The van der Waals surface area contributed by atoms with E-state index in [4.69, 9.17) is 24.9 Å². The number of methoxy groups -OCH3 is 1. The maximum Gasteiger partial charge on any atom is 0.408 e. The van der Waals surface area contributed by atoms with Crippen molar-refractivity contribution in [3.63, 3.8) is 0 Å². The van der Waals surface area contributed by atoms with E-state index in [1.165, 1.54) is 11.0 Å². The van der Waals surface area contributed by atoms with Gasteiger partial charge < -0.3 is 35.5 Å². The molecule has 12 nitrogen and oxygen atoms in total. The van der Waals surface area contributed by atoms with E-state index in [0.29, 0.717) is 28.1 Å². The maximum absolute atomic E-state index is 13.9. The Kier molecular flexibility index (Phi) is 10.3. The van der Waals surface area contributed by atoms with Crippen molar-refractivity contribution in [3.05, 3.63) is 66.7 Å². The molecule has 4 rings (SSSR count). The Morgan fingerprint density at radius 3 is 2.49 bits per heavy atom. The van der Waals surface area contributed by atoms with Crippen LogP contribution >= 0.6 is 0 Å². The van der Waals surface area contributed by atoms with Crippen molar-refractivity contribution >= 4 is 34.7 Å². The van der Waals surface area contributed by atoms with Crippen molar-refractivity contribution in [3.8, 4) is 22.8 Å². The fourth-order valence-corrected chi connectivity index (χ4v) is 5.00. The van der Waals surface area contributed by atoms with E-state index in [1.807, 2.05) is 42.5 Å². The van der Waals surface area contributed by atoms with Gasteiger partial charge in [0.15, 0.2) is 0 Å². The summed E-state index contributed by atoms with van der Waals surface area (Å²) in [6.45, 7) is 6.49. The van der Waals surface area contributed by atoms with Crippen LogP contribution in [0.15, 0.2) is 66.7 Å². The van der Waals surface area contributed by atoms with Gasteiger partial charge in [-0.3, -0.25) is 14.4 Å². The number of ether oxygens (including phenoxy) is 3. The highest BCUT2D eigenvalue weighted by Gasteiger charge is 2.42. The Bertz CT molecular complexity index is 1590. The molecule has 0 spiro atoms. The zero-order valence-corrected chi connectivity index (χ0v) is 26.0. The van der Waals surface area contributed by atoms with Gasteiger partial charge in [-0.05, 0) is 45.9 Å². The van der Waals surface area contributed by atoms with Crippen molar-refractivity contribution in [1.29, 1.82) is 0 Å². The third-order valence-corrected chi connectivity index (χ3v) is 7.00. The highest BCUT2D eigenvalue weighted by Crippen LogP contribution is 2.34. The Balaban J connectivity index is 1.62. The first-order chi connectivity index (χ1) is 21.4. The minimum atomic E-state index is -1.24. The molecule has 2 heterocycles. The van der Waals surface area contributed by atoms with Gasteiger partial charge in [-0.1, -0.05) is 36.4 Å². The molecule has 1 aromatic heterocycles. The van der Waals surface area contributed by atoms with Crippen molar-refractivity contribution in [1.82, 2.24) is 20.5 Å². The summed E-state index contributed by atoms with van der Waals surface area (Å²) in [5.74, 6) is -0.664. The molecule has 3 unspecified atom stereocenters. The van der Waals surface area contributed by atoms with E-state index < -0.39 is 47.6 Å². The monoisotopic (exact) mass is 617 g/mol. The van der Waals surface area contributed by atoms with E-state index in [9.17, 15) is 19.2 Å². The second-order valence-electron chi connectivity index (χ2n) is 11.6. The van der Waals surface area contributed by atoms with Gasteiger partial charge >= 0.3 is 6.09 Å². The lowest BCUT2D eigenvalue weighted by atomic mass is 10.1. The van der Waals surface area contributed by atoms with Gasteiger partial charge in [0.1, 0.15) is 35.3 Å². The van der Waals surface area contributed by atoms with Gasteiger partial charge in [-0.25, -0.2) is 9.78 Å². The van der Waals surface area contributed by atoms with E-state index in [0.717, 1.165) is 5.56 Å². The second kappa shape index (κ2) is 14.1. The number of pyridine rings is 1. The number of nitrogens with zero attached hydrogens (tertiary/aromatic N) is 2. The number of aromatic nitrogens is 1. The number of carbonyl (C=O) groups excluding carboxylic acids is 4. The number of benzene rings is 2. The van der Waals surface area contributed by atoms with Crippen LogP contribution in [0.4, 0.5) is 4.79 Å². The Hall–Kier alpha value is -5.13. The molecule has 0 radical (unpaired) electrons. The molecular weight excluding hydrogens is 578 g/mol. The maximum atomic E-state index is 13.9. The fraction of sp³-hybridized carbons (Fsp3) is 0.364. The van der Waals surface area contributed by atoms with Crippen molar-refractivity contribution in [2.45, 2.75) is 57.9 Å². The lowest BCUT2D eigenvalue weighted by molar-refractivity contribution is -0.139. The molecule has 1 saturated heterocycles. The fourth-order valence-electron chi connectivity index (χ4n) is 5.00. The molecule has 4 amide bonds. The van der Waals surface area contributed by atoms with E-state index in [2.05, 4.69) is 10.6 Å². The van der Waals surface area contributed by atoms with Crippen LogP contribution in [0.5, 0.6) is 11.5 Å². The molecule has 45 heavy (non-hydrogen) atoms. The number of fused-ring (bicyclic) bond motifs is 1. The third-order valence-electron chi connectivity index (χ3n) is 7.00. The molecule has 3 aromatic rings. The van der Waals surface area contributed by atoms with Crippen LogP contribution in [0.3, 0.4) is 0 Å². The smallest absolute Gasteiger partial charge is 0.408 e. The van der Waals surface area contributed by atoms with Crippen LogP contribution in [-0.2, 0) is 19.1 Å². The summed E-state index contributed by atoms with van der Waals surface area (Å²) < 4.78 is 17.2. The number of primary amides is 1. The van der Waals surface area contributed by atoms with Crippen LogP contribution in [-0.4, -0.2) is 77.7 Å². The van der Waals surface area contributed by atoms with Gasteiger partial charge in [-0.2, -0.15) is 0 Å². The number of hydrogen-bond donors (Lipinski definition) is 3. The van der Waals surface area contributed by atoms with Gasteiger partial charge in [0.05, 0.1) is 24.9 Å². The summed E-state index contributed by atoms with van der Waals surface area (Å²) in [6.07, 6.45) is 1.48. The molecular formula is C33H39N5O7. The van der Waals surface area contributed by atoms with Crippen molar-refractivity contribution < 1.29 is 33.4 Å². The highest BCUT2D eigenvalue weighted by molar-refractivity contribution is 5.93. The van der Waals surface area contributed by atoms with Gasteiger partial charge in [-0.15, -0.1) is 0 Å². The average molecular weight is 618 g/mol. The topological polar surface area (TPSA) is 162 Å². The predicted octanol–water partition coefficient (Wildman–Crippen LogP) is 3.33. The third kappa shape index (κ3) is 8.49. The van der Waals surface area contributed by atoms with Crippen LogP contribution in [0.25, 0.3) is 22.2 Å². The van der Waals surface area contributed by atoms with Gasteiger partial charge in [0.25, 0.3) is 0 Å². The first kappa shape index (κ1) is 32.8. The molecule has 0 aliphatic carbocycles. The van der Waals surface area contributed by atoms with Gasteiger partial charge in [0.2, 0.25) is 17.7 Å². The minimum absolute atomic E-state index is 0.00237. The number of rotatable bonds is 10. The predicted molar refractivity (Wildman–Crippen MR) is 168 cm³/mol. The minimum Gasteiger partial charge on any atom is -0.497 e. The molecule has 1 fully saturated rings. The number of alkyl carbamates (subject to hydrolysis) is 1. The summed E-state index contributed by atoms with van der Waals surface area (Å²) >= 11 is 0.